The van der Waals surface area contributed by atoms with Gasteiger partial charge in [-0.15, -0.1) is 0 Å². The number of hydrogen-bond donors (Lipinski definition) is 2. The first-order valence-electron chi connectivity index (χ1n) is 13.0. The molecule has 8 heteroatoms. The maximum absolute atomic E-state index is 13.9. The molecule has 2 N–H and O–H groups in total. The minimum atomic E-state index is -4.53. The van der Waals surface area contributed by atoms with E-state index in [1.165, 1.54) is 6.07 Å². The van der Waals surface area contributed by atoms with Crippen LogP contribution in [0.15, 0.2) is 97.1 Å². The molecule has 5 nitrogen and oxygen atoms in total. The lowest BCUT2D eigenvalue weighted by Gasteiger charge is -2.14. The van der Waals surface area contributed by atoms with Crippen LogP contribution in [0.3, 0.4) is 0 Å². The zero-order valence-electron chi connectivity index (χ0n) is 21.8. The monoisotopic (exact) mass is 543 g/mol. The number of benzene rings is 4. The van der Waals surface area contributed by atoms with Crippen molar-refractivity contribution in [2.45, 2.75) is 38.4 Å². The van der Waals surface area contributed by atoms with E-state index >= 15 is 0 Å². The summed E-state index contributed by atoms with van der Waals surface area (Å²) < 4.78 is 43.2. The molecule has 0 radical (unpaired) electrons. The molecule has 4 aromatic carbocycles. The lowest BCUT2D eigenvalue weighted by Crippen LogP contribution is -2.06. The van der Waals surface area contributed by atoms with Crippen LogP contribution < -0.4 is 5.32 Å². The summed E-state index contributed by atoms with van der Waals surface area (Å²) in [5, 5.41) is 17.4. The van der Waals surface area contributed by atoms with Gasteiger partial charge in [-0.3, -0.25) is 9.48 Å². The molecule has 0 bridgehead atoms. The van der Waals surface area contributed by atoms with E-state index in [1.54, 1.807) is 10.7 Å². The van der Waals surface area contributed by atoms with Crippen LogP contribution in [0.1, 0.15) is 42.4 Å². The fraction of sp³-hybridized carbons (Fsp3) is 0.188. The molecule has 204 valence electrons. The number of carboxylic acids is 1. The topological polar surface area (TPSA) is 67.2 Å². The van der Waals surface area contributed by atoms with Gasteiger partial charge in [-0.2, -0.15) is 18.3 Å². The lowest BCUT2D eigenvalue weighted by molar-refractivity contribution is -0.138. The van der Waals surface area contributed by atoms with Crippen molar-refractivity contribution in [1.29, 1.82) is 0 Å². The van der Waals surface area contributed by atoms with Crippen LogP contribution in [0.5, 0.6) is 0 Å². The first-order valence-corrected chi connectivity index (χ1v) is 13.0. The second kappa shape index (κ2) is 11.3. The summed E-state index contributed by atoms with van der Waals surface area (Å²) in [4.78, 5) is 11.2. The Hall–Kier alpha value is -4.59. The summed E-state index contributed by atoms with van der Waals surface area (Å²) in [5.41, 5.74) is 3.94. The summed E-state index contributed by atoms with van der Waals surface area (Å²) in [5.74, 6) is -0.887. The molecule has 1 aromatic heterocycles. The molecular formula is C32H28F3N3O2. The molecule has 0 amide bonds. The third kappa shape index (κ3) is 5.86. The van der Waals surface area contributed by atoms with E-state index in [-0.39, 0.29) is 17.9 Å². The molecule has 0 aliphatic carbocycles. The largest absolute Gasteiger partial charge is 0.481 e. The van der Waals surface area contributed by atoms with Crippen LogP contribution in [-0.2, 0) is 17.5 Å². The van der Waals surface area contributed by atoms with E-state index in [1.807, 2.05) is 85.8 Å². The van der Waals surface area contributed by atoms with Gasteiger partial charge in [0.1, 0.15) is 5.52 Å². The minimum absolute atomic E-state index is 0.0605. The van der Waals surface area contributed by atoms with E-state index in [9.17, 15) is 23.1 Å². The Labute approximate surface area is 229 Å². The van der Waals surface area contributed by atoms with Gasteiger partial charge in [0.2, 0.25) is 0 Å². The van der Waals surface area contributed by atoms with Gasteiger partial charge in [-0.05, 0) is 53.8 Å². The first kappa shape index (κ1) is 27.0. The van der Waals surface area contributed by atoms with Gasteiger partial charge < -0.3 is 10.4 Å². The van der Waals surface area contributed by atoms with Crippen LogP contribution in [0, 0.1) is 0 Å². The van der Waals surface area contributed by atoms with Crippen molar-refractivity contribution in [2.75, 3.05) is 5.32 Å². The summed E-state index contributed by atoms with van der Waals surface area (Å²) in [6.07, 6.45) is -3.73. The molecule has 1 heterocycles. The smallest absolute Gasteiger partial charge is 0.418 e. The molecule has 1 unspecified atom stereocenters. The van der Waals surface area contributed by atoms with Crippen LogP contribution in [0.2, 0.25) is 0 Å². The third-order valence-electron chi connectivity index (χ3n) is 6.97. The van der Waals surface area contributed by atoms with Crippen LogP contribution in [-0.4, -0.2) is 20.9 Å². The Morgan fingerprint density at radius 1 is 0.925 bits per heavy atom. The molecule has 5 rings (SSSR count). The molecule has 40 heavy (non-hydrogen) atoms. The van der Waals surface area contributed by atoms with E-state index in [0.717, 1.165) is 40.6 Å². The highest BCUT2D eigenvalue weighted by atomic mass is 19.4. The number of hydrogen-bond acceptors (Lipinski definition) is 3. The van der Waals surface area contributed by atoms with Gasteiger partial charge in [-0.1, -0.05) is 73.7 Å². The number of carbonyl (C=O) groups is 1. The highest BCUT2D eigenvalue weighted by Gasteiger charge is 2.34. The Kier molecular flexibility index (Phi) is 7.60. The Balaban J connectivity index is 1.51. The number of carboxylic acid groups (broad SMARTS) is 1. The van der Waals surface area contributed by atoms with Crippen LogP contribution in [0.25, 0.3) is 22.2 Å². The maximum atomic E-state index is 13.9. The number of nitrogens with zero attached hydrogens (tertiary/aromatic N) is 2. The van der Waals surface area contributed by atoms with Crippen LogP contribution in [0.4, 0.5) is 24.5 Å². The highest BCUT2D eigenvalue weighted by molar-refractivity contribution is 5.96. The number of alkyl halides is 3. The number of fused-ring (bicyclic) bond motifs is 1. The van der Waals surface area contributed by atoms with E-state index < -0.39 is 17.7 Å². The summed E-state index contributed by atoms with van der Waals surface area (Å²) >= 11 is 0. The van der Waals surface area contributed by atoms with Crippen molar-refractivity contribution in [3.8, 4) is 11.3 Å². The fourth-order valence-electron chi connectivity index (χ4n) is 5.01. The number of aliphatic carboxylic acids is 1. The van der Waals surface area contributed by atoms with Crippen molar-refractivity contribution in [2.24, 2.45) is 0 Å². The number of rotatable bonds is 9. The van der Waals surface area contributed by atoms with Crippen molar-refractivity contribution < 1.29 is 23.1 Å². The zero-order valence-corrected chi connectivity index (χ0v) is 21.8. The minimum Gasteiger partial charge on any atom is -0.481 e. The quantitative estimate of drug-likeness (QED) is 0.196. The summed E-state index contributed by atoms with van der Waals surface area (Å²) in [6, 6.07) is 28.8. The van der Waals surface area contributed by atoms with Crippen molar-refractivity contribution in [1.82, 2.24) is 9.78 Å². The van der Waals surface area contributed by atoms with Gasteiger partial charge in [0.25, 0.3) is 0 Å². The molecule has 0 saturated heterocycles. The lowest BCUT2D eigenvalue weighted by atomic mass is 9.93. The van der Waals surface area contributed by atoms with Crippen molar-refractivity contribution in [3.63, 3.8) is 0 Å². The average molecular weight is 544 g/mol. The summed E-state index contributed by atoms with van der Waals surface area (Å²) in [7, 11) is 0. The van der Waals surface area contributed by atoms with Gasteiger partial charge in [0, 0.05) is 22.3 Å². The SMILES string of the molecule is CCC(CC(=O)O)c1ccc(Nc2cccc(-c3c4cccc(C(F)(F)F)c4nn3Cc3ccccc3)c2)cc1. The molecule has 0 fully saturated rings. The normalized spacial score (nSPS) is 12.4. The maximum Gasteiger partial charge on any atom is 0.418 e. The standard InChI is InChI=1S/C32H28F3N3O2/c1-2-22(19-29(39)40)23-14-16-25(17-15-23)36-26-11-6-10-24(18-26)31-27-12-7-13-28(32(33,34)35)30(27)37-38(31)20-21-8-4-3-5-9-21/h3-18,22,36H,2,19-20H2,1H3,(H,39,40). The van der Waals surface area contributed by atoms with Crippen molar-refractivity contribution in [3.05, 3.63) is 114 Å². The molecule has 1 atom stereocenters. The molecule has 0 spiro atoms. The number of aromatic nitrogens is 2. The van der Waals surface area contributed by atoms with Crippen molar-refractivity contribution >= 4 is 28.2 Å². The average Bonchev–Trinajstić information content (AvgIpc) is 3.30. The molecule has 0 aliphatic heterocycles. The Morgan fingerprint density at radius 2 is 1.65 bits per heavy atom. The molecule has 0 aliphatic rings. The fourth-order valence-corrected chi connectivity index (χ4v) is 5.01. The van der Waals surface area contributed by atoms with E-state index in [2.05, 4.69) is 10.4 Å². The summed E-state index contributed by atoms with van der Waals surface area (Å²) in [6.45, 7) is 2.28. The third-order valence-corrected chi connectivity index (χ3v) is 6.97. The molecule has 0 saturated carbocycles. The zero-order chi connectivity index (χ0) is 28.3. The number of halogens is 3. The van der Waals surface area contributed by atoms with E-state index in [4.69, 9.17) is 0 Å². The van der Waals surface area contributed by atoms with Crippen LogP contribution >= 0.6 is 0 Å². The van der Waals surface area contributed by atoms with Gasteiger partial charge in [0.15, 0.2) is 0 Å². The predicted octanol–water partition coefficient (Wildman–Crippen LogP) is 8.48. The van der Waals surface area contributed by atoms with E-state index in [0.29, 0.717) is 17.6 Å². The van der Waals surface area contributed by atoms with Gasteiger partial charge >= 0.3 is 12.1 Å². The molecular weight excluding hydrogens is 515 g/mol. The Bertz CT molecular complexity index is 1630. The first-order chi connectivity index (χ1) is 19.2. The number of nitrogens with one attached hydrogen (secondary N) is 1. The van der Waals surface area contributed by atoms with Gasteiger partial charge in [-0.25, -0.2) is 0 Å². The second-order valence-corrected chi connectivity index (χ2v) is 9.72. The second-order valence-electron chi connectivity index (χ2n) is 9.72. The Morgan fingerprint density at radius 3 is 2.33 bits per heavy atom. The highest BCUT2D eigenvalue weighted by Crippen LogP contribution is 2.39. The van der Waals surface area contributed by atoms with Gasteiger partial charge in [0.05, 0.1) is 24.2 Å². The predicted molar refractivity (Wildman–Crippen MR) is 151 cm³/mol. The number of anilines is 2. The molecule has 5 aromatic rings.